The smallest absolute Gasteiger partial charge is 0.261 e. The highest BCUT2D eigenvalue weighted by molar-refractivity contribution is 7.12. The van der Waals surface area contributed by atoms with Gasteiger partial charge in [0.15, 0.2) is 0 Å². The van der Waals surface area contributed by atoms with E-state index in [0.29, 0.717) is 10.6 Å². The molecule has 1 unspecified atom stereocenters. The van der Waals surface area contributed by atoms with E-state index in [0.717, 1.165) is 10.9 Å². The molecule has 2 heterocycles. The molecule has 0 aliphatic rings. The van der Waals surface area contributed by atoms with E-state index < -0.39 is 6.04 Å². The summed E-state index contributed by atoms with van der Waals surface area (Å²) in [6.45, 7) is 1.65. The van der Waals surface area contributed by atoms with Gasteiger partial charge >= 0.3 is 0 Å². The predicted molar refractivity (Wildman–Crippen MR) is 86.0 cm³/mol. The summed E-state index contributed by atoms with van der Waals surface area (Å²) in [6.07, 6.45) is 1.65. The molecule has 0 bridgehead atoms. The van der Waals surface area contributed by atoms with Gasteiger partial charge in [-0.1, -0.05) is 12.1 Å². The second kappa shape index (κ2) is 5.98. The van der Waals surface area contributed by atoms with Gasteiger partial charge in [0.05, 0.1) is 22.3 Å². The van der Waals surface area contributed by atoms with Crippen LogP contribution >= 0.6 is 11.3 Å². The number of hydrogen-bond donors (Lipinski definition) is 3. The lowest BCUT2D eigenvalue weighted by Gasteiger charge is -2.14. The van der Waals surface area contributed by atoms with E-state index in [1.54, 1.807) is 31.3 Å². The summed E-state index contributed by atoms with van der Waals surface area (Å²) >= 11 is 1.34. The van der Waals surface area contributed by atoms with Crippen LogP contribution in [-0.2, 0) is 4.79 Å². The number of rotatable bonds is 4. The van der Waals surface area contributed by atoms with Crippen molar-refractivity contribution in [1.29, 1.82) is 0 Å². The van der Waals surface area contributed by atoms with Crippen LogP contribution in [0.1, 0.15) is 16.6 Å². The molecule has 0 spiro atoms. The summed E-state index contributed by atoms with van der Waals surface area (Å²) in [5.74, 6) is -0.530. The molecule has 3 aromatic rings. The number of carbonyl (C=O) groups excluding carboxylic acids is 2. The molecule has 7 heteroatoms. The third kappa shape index (κ3) is 2.84. The monoisotopic (exact) mass is 314 g/mol. The van der Waals surface area contributed by atoms with Crippen molar-refractivity contribution in [3.63, 3.8) is 0 Å². The fourth-order valence-corrected chi connectivity index (χ4v) is 2.69. The molecule has 6 nitrogen and oxygen atoms in total. The molecule has 3 rings (SSSR count). The number of nitrogens with one attached hydrogen (secondary N) is 3. The minimum atomic E-state index is -0.642. The predicted octanol–water partition coefficient (Wildman–Crippen LogP) is 2.38. The van der Waals surface area contributed by atoms with Crippen molar-refractivity contribution >= 4 is 39.7 Å². The van der Waals surface area contributed by atoms with Crippen molar-refractivity contribution in [3.8, 4) is 0 Å². The quantitative estimate of drug-likeness (QED) is 0.691. The maximum Gasteiger partial charge on any atom is 0.261 e. The number of hydrogen-bond acceptors (Lipinski definition) is 4. The molecule has 2 amide bonds. The first-order valence-electron chi connectivity index (χ1n) is 6.72. The number of aromatic amines is 1. The van der Waals surface area contributed by atoms with Crippen LogP contribution in [0.4, 0.5) is 5.69 Å². The zero-order valence-electron chi connectivity index (χ0n) is 11.8. The third-order valence-corrected chi connectivity index (χ3v) is 4.10. The third-order valence-electron chi connectivity index (χ3n) is 3.23. The van der Waals surface area contributed by atoms with Crippen LogP contribution in [-0.4, -0.2) is 28.1 Å². The van der Waals surface area contributed by atoms with Gasteiger partial charge in [-0.15, -0.1) is 11.3 Å². The van der Waals surface area contributed by atoms with Gasteiger partial charge in [-0.25, -0.2) is 0 Å². The number of thiophene rings is 1. The Hall–Kier alpha value is -2.67. The zero-order valence-corrected chi connectivity index (χ0v) is 12.6. The fraction of sp³-hybridized carbons (Fsp3) is 0.133. The summed E-state index contributed by atoms with van der Waals surface area (Å²) in [7, 11) is 0. The minimum Gasteiger partial charge on any atom is -0.340 e. The average Bonchev–Trinajstić information content (AvgIpc) is 3.18. The lowest BCUT2D eigenvalue weighted by molar-refractivity contribution is -0.117. The van der Waals surface area contributed by atoms with Crippen LogP contribution in [0.3, 0.4) is 0 Å². The van der Waals surface area contributed by atoms with Gasteiger partial charge in [0.2, 0.25) is 5.91 Å². The Morgan fingerprint density at radius 2 is 2.14 bits per heavy atom. The molecule has 2 aromatic heterocycles. The van der Waals surface area contributed by atoms with E-state index >= 15 is 0 Å². The van der Waals surface area contributed by atoms with Gasteiger partial charge in [0.1, 0.15) is 6.04 Å². The first-order chi connectivity index (χ1) is 10.6. The maximum absolute atomic E-state index is 12.2. The van der Waals surface area contributed by atoms with Crippen LogP contribution < -0.4 is 10.6 Å². The van der Waals surface area contributed by atoms with Crippen LogP contribution in [0.15, 0.2) is 41.9 Å². The van der Waals surface area contributed by atoms with Crippen LogP contribution in [0, 0.1) is 0 Å². The average molecular weight is 314 g/mol. The Balaban J connectivity index is 1.69. The summed E-state index contributed by atoms with van der Waals surface area (Å²) in [4.78, 5) is 24.8. The number of fused-ring (bicyclic) bond motifs is 1. The SMILES string of the molecule is CC(NC(=O)c1cccs1)C(=O)Nc1cccc2[nH]ncc12. The molecule has 0 radical (unpaired) electrons. The molecule has 0 saturated carbocycles. The Morgan fingerprint density at radius 3 is 2.91 bits per heavy atom. The number of carbonyl (C=O) groups is 2. The van der Waals surface area contributed by atoms with Gasteiger partial charge in [-0.05, 0) is 30.5 Å². The van der Waals surface area contributed by atoms with Crippen molar-refractivity contribution in [3.05, 3.63) is 46.8 Å². The lowest BCUT2D eigenvalue weighted by Crippen LogP contribution is -2.41. The molecule has 22 heavy (non-hydrogen) atoms. The van der Waals surface area contributed by atoms with Crippen LogP contribution in [0.25, 0.3) is 10.9 Å². The second-order valence-electron chi connectivity index (χ2n) is 4.80. The lowest BCUT2D eigenvalue weighted by atomic mass is 10.2. The molecule has 1 atom stereocenters. The van der Waals surface area contributed by atoms with E-state index in [2.05, 4.69) is 20.8 Å². The van der Waals surface area contributed by atoms with Crippen molar-refractivity contribution < 1.29 is 9.59 Å². The summed E-state index contributed by atoms with van der Waals surface area (Å²) in [6, 6.07) is 8.37. The van der Waals surface area contributed by atoms with Crippen molar-refractivity contribution in [2.75, 3.05) is 5.32 Å². The Labute approximate surface area is 130 Å². The summed E-state index contributed by atoms with van der Waals surface area (Å²) in [5, 5.41) is 14.9. The number of aromatic nitrogens is 2. The van der Waals surface area contributed by atoms with Gasteiger partial charge in [-0.2, -0.15) is 5.10 Å². The summed E-state index contributed by atoms with van der Waals surface area (Å²) in [5.41, 5.74) is 1.50. The molecule has 112 valence electrons. The first-order valence-corrected chi connectivity index (χ1v) is 7.60. The van der Waals surface area contributed by atoms with Gasteiger partial charge < -0.3 is 10.6 Å². The van der Waals surface area contributed by atoms with Crippen molar-refractivity contribution in [2.45, 2.75) is 13.0 Å². The van der Waals surface area contributed by atoms with Crippen molar-refractivity contribution in [1.82, 2.24) is 15.5 Å². The van der Waals surface area contributed by atoms with Crippen LogP contribution in [0.2, 0.25) is 0 Å². The molecule has 0 fully saturated rings. The first kappa shape index (κ1) is 14.3. The van der Waals surface area contributed by atoms with Gasteiger partial charge in [-0.3, -0.25) is 14.7 Å². The molecular weight excluding hydrogens is 300 g/mol. The highest BCUT2D eigenvalue weighted by atomic mass is 32.1. The van der Waals surface area contributed by atoms with E-state index in [-0.39, 0.29) is 11.8 Å². The highest BCUT2D eigenvalue weighted by Gasteiger charge is 2.18. The fourth-order valence-electron chi connectivity index (χ4n) is 2.06. The maximum atomic E-state index is 12.2. The number of nitrogens with zero attached hydrogens (tertiary/aromatic N) is 1. The van der Waals surface area contributed by atoms with E-state index in [9.17, 15) is 9.59 Å². The highest BCUT2D eigenvalue weighted by Crippen LogP contribution is 2.21. The Kier molecular flexibility index (Phi) is 3.88. The topological polar surface area (TPSA) is 86.9 Å². The molecule has 0 aliphatic heterocycles. The molecule has 0 saturated heterocycles. The molecular formula is C15H14N4O2S. The van der Waals surface area contributed by atoms with Gasteiger partial charge in [0, 0.05) is 5.39 Å². The summed E-state index contributed by atoms with van der Waals surface area (Å²) < 4.78 is 0. The Morgan fingerprint density at radius 1 is 1.27 bits per heavy atom. The number of anilines is 1. The van der Waals surface area contributed by atoms with Gasteiger partial charge in [0.25, 0.3) is 5.91 Å². The van der Waals surface area contributed by atoms with Crippen LogP contribution in [0.5, 0.6) is 0 Å². The largest absolute Gasteiger partial charge is 0.340 e. The number of H-pyrrole nitrogens is 1. The molecule has 1 aromatic carbocycles. The van der Waals surface area contributed by atoms with E-state index in [1.165, 1.54) is 11.3 Å². The Bertz CT molecular complexity index is 810. The zero-order chi connectivity index (χ0) is 15.5. The normalized spacial score (nSPS) is 12.0. The standard InChI is InChI=1S/C15H14N4O2S/c1-9(17-15(21)13-6-3-7-22-13)14(20)18-11-4-2-5-12-10(11)8-16-19-12/h2-9H,1H3,(H,16,19)(H,17,21)(H,18,20). The van der Waals surface area contributed by atoms with E-state index in [4.69, 9.17) is 0 Å². The number of benzene rings is 1. The second-order valence-corrected chi connectivity index (χ2v) is 5.75. The van der Waals surface area contributed by atoms with E-state index in [1.807, 2.05) is 17.5 Å². The molecule has 0 aliphatic carbocycles. The minimum absolute atomic E-state index is 0.251. The molecule has 3 N–H and O–H groups in total. The van der Waals surface area contributed by atoms with Crippen molar-refractivity contribution in [2.24, 2.45) is 0 Å². The number of amides is 2.